The van der Waals surface area contributed by atoms with Gasteiger partial charge in [0.25, 0.3) is 0 Å². The van der Waals surface area contributed by atoms with E-state index in [1.165, 1.54) is 37.8 Å². The van der Waals surface area contributed by atoms with Gasteiger partial charge in [0.15, 0.2) is 0 Å². The number of carbonyl (C=O) groups excluding carboxylic acids is 1. The summed E-state index contributed by atoms with van der Waals surface area (Å²) in [7, 11) is 1.69. The summed E-state index contributed by atoms with van der Waals surface area (Å²) in [5.41, 5.74) is 0.361. The van der Waals surface area contributed by atoms with Crippen LogP contribution in [0.4, 0.5) is 8.78 Å². The zero-order valence-electron chi connectivity index (χ0n) is 12.3. The van der Waals surface area contributed by atoms with E-state index in [0.29, 0.717) is 17.9 Å². The molecular formula is C17H21F2NO. The summed E-state index contributed by atoms with van der Waals surface area (Å²) in [4.78, 5) is 13.8. The number of hydrogen-bond donors (Lipinski definition) is 0. The van der Waals surface area contributed by atoms with Gasteiger partial charge in [-0.1, -0.05) is 12.5 Å². The average molecular weight is 293 g/mol. The van der Waals surface area contributed by atoms with Gasteiger partial charge in [0, 0.05) is 31.6 Å². The molecule has 2 saturated carbocycles. The first-order chi connectivity index (χ1) is 10.0. The molecular weight excluding hydrogens is 272 g/mol. The minimum atomic E-state index is -0.591. The van der Waals surface area contributed by atoms with E-state index in [-0.39, 0.29) is 12.5 Å². The van der Waals surface area contributed by atoms with Crippen molar-refractivity contribution < 1.29 is 13.6 Å². The van der Waals surface area contributed by atoms with E-state index in [2.05, 4.69) is 0 Å². The number of amides is 1. The topological polar surface area (TPSA) is 20.3 Å². The predicted octanol–water partition coefficient (Wildman–Crippen LogP) is 3.75. The maximum absolute atomic E-state index is 13.6. The molecule has 1 aromatic carbocycles. The van der Waals surface area contributed by atoms with E-state index >= 15 is 0 Å². The van der Waals surface area contributed by atoms with Crippen molar-refractivity contribution in [2.24, 2.45) is 17.8 Å². The van der Waals surface area contributed by atoms with Gasteiger partial charge in [-0.05, 0) is 43.1 Å². The lowest BCUT2D eigenvalue weighted by molar-refractivity contribution is -0.131. The molecule has 2 aliphatic carbocycles. The van der Waals surface area contributed by atoms with E-state index in [4.69, 9.17) is 0 Å². The molecule has 0 N–H and O–H groups in total. The van der Waals surface area contributed by atoms with Crippen LogP contribution in [0.25, 0.3) is 0 Å². The van der Waals surface area contributed by atoms with Crippen LogP contribution in [0.5, 0.6) is 0 Å². The maximum Gasteiger partial charge on any atom is 0.222 e. The van der Waals surface area contributed by atoms with Gasteiger partial charge in [0.1, 0.15) is 11.6 Å². The Kier molecular flexibility index (Phi) is 3.96. The first kappa shape index (κ1) is 14.5. The molecule has 0 aromatic heterocycles. The van der Waals surface area contributed by atoms with Crippen molar-refractivity contribution in [3.63, 3.8) is 0 Å². The van der Waals surface area contributed by atoms with Crippen molar-refractivity contribution in [1.29, 1.82) is 0 Å². The van der Waals surface area contributed by atoms with Crippen LogP contribution in [0.3, 0.4) is 0 Å². The van der Waals surface area contributed by atoms with Crippen molar-refractivity contribution in [1.82, 2.24) is 4.90 Å². The van der Waals surface area contributed by atoms with Crippen LogP contribution < -0.4 is 0 Å². The van der Waals surface area contributed by atoms with Crippen LogP contribution in [0.1, 0.15) is 37.7 Å². The highest BCUT2D eigenvalue weighted by Gasteiger charge is 2.40. The van der Waals surface area contributed by atoms with Crippen molar-refractivity contribution in [2.75, 3.05) is 7.05 Å². The largest absolute Gasteiger partial charge is 0.341 e. The Hall–Kier alpha value is -1.45. The Morgan fingerprint density at radius 2 is 2.10 bits per heavy atom. The highest BCUT2D eigenvalue weighted by atomic mass is 19.1. The SMILES string of the molecule is CN(Cc1ccc(F)cc1F)C(=O)CC1CC2CCC1C2. The minimum absolute atomic E-state index is 0.0660. The molecule has 0 radical (unpaired) electrons. The Bertz CT molecular complexity index is 546. The van der Waals surface area contributed by atoms with Gasteiger partial charge >= 0.3 is 0 Å². The molecule has 1 aromatic rings. The summed E-state index contributed by atoms with van der Waals surface area (Å²) in [5, 5.41) is 0. The second kappa shape index (κ2) is 5.74. The van der Waals surface area contributed by atoms with Gasteiger partial charge in [0.05, 0.1) is 0 Å². The predicted molar refractivity (Wildman–Crippen MR) is 76.4 cm³/mol. The van der Waals surface area contributed by atoms with E-state index in [1.807, 2.05) is 0 Å². The number of benzene rings is 1. The van der Waals surface area contributed by atoms with Crippen LogP contribution in [0.2, 0.25) is 0 Å². The summed E-state index contributed by atoms with van der Waals surface area (Å²) in [6.07, 6.45) is 5.62. The third-order valence-corrected chi connectivity index (χ3v) is 5.17. The molecule has 2 nitrogen and oxygen atoms in total. The molecule has 21 heavy (non-hydrogen) atoms. The Morgan fingerprint density at radius 1 is 1.29 bits per heavy atom. The molecule has 1 amide bonds. The van der Waals surface area contributed by atoms with E-state index in [0.717, 1.165) is 17.9 Å². The van der Waals surface area contributed by atoms with Gasteiger partial charge in [-0.25, -0.2) is 8.78 Å². The summed E-state index contributed by atoms with van der Waals surface area (Å²) in [6, 6.07) is 3.50. The number of hydrogen-bond acceptors (Lipinski definition) is 1. The average Bonchev–Trinajstić information content (AvgIpc) is 3.04. The molecule has 0 spiro atoms. The molecule has 2 bridgehead atoms. The molecule has 0 aliphatic heterocycles. The van der Waals surface area contributed by atoms with Gasteiger partial charge in [-0.15, -0.1) is 0 Å². The van der Waals surface area contributed by atoms with Gasteiger partial charge in [0.2, 0.25) is 5.91 Å². The maximum atomic E-state index is 13.6. The van der Waals surface area contributed by atoms with E-state index in [1.54, 1.807) is 11.9 Å². The Labute approximate surface area is 124 Å². The Morgan fingerprint density at radius 3 is 2.71 bits per heavy atom. The number of halogens is 2. The standard InChI is InChI=1S/C17H21F2NO/c1-20(10-13-4-5-15(18)9-16(13)19)17(21)8-14-7-11-2-3-12(14)6-11/h4-5,9,11-12,14H,2-3,6-8,10H2,1H3. The third kappa shape index (κ3) is 3.09. The summed E-state index contributed by atoms with van der Waals surface area (Å²) in [6.45, 7) is 0.200. The quantitative estimate of drug-likeness (QED) is 0.828. The van der Waals surface area contributed by atoms with E-state index in [9.17, 15) is 13.6 Å². The van der Waals surface area contributed by atoms with Crippen molar-refractivity contribution in [3.8, 4) is 0 Å². The fourth-order valence-corrected chi connectivity index (χ4v) is 4.00. The number of fused-ring (bicyclic) bond motifs is 2. The minimum Gasteiger partial charge on any atom is -0.341 e. The van der Waals surface area contributed by atoms with Crippen molar-refractivity contribution >= 4 is 5.91 Å². The molecule has 3 atom stereocenters. The van der Waals surface area contributed by atoms with E-state index < -0.39 is 11.6 Å². The van der Waals surface area contributed by atoms with Gasteiger partial charge in [-0.2, -0.15) is 0 Å². The first-order valence-electron chi connectivity index (χ1n) is 7.71. The third-order valence-electron chi connectivity index (χ3n) is 5.17. The Balaban J connectivity index is 1.57. The van der Waals surface area contributed by atoms with Crippen LogP contribution >= 0.6 is 0 Å². The highest BCUT2D eigenvalue weighted by Crippen LogP contribution is 2.49. The fraction of sp³-hybridized carbons (Fsp3) is 0.588. The summed E-state index contributed by atoms with van der Waals surface area (Å²) >= 11 is 0. The van der Waals surface area contributed by atoms with Crippen LogP contribution in [-0.2, 0) is 11.3 Å². The smallest absolute Gasteiger partial charge is 0.222 e. The first-order valence-corrected chi connectivity index (χ1v) is 7.71. The van der Waals surface area contributed by atoms with Gasteiger partial charge in [-0.3, -0.25) is 4.79 Å². The lowest BCUT2D eigenvalue weighted by Crippen LogP contribution is -2.29. The number of nitrogens with zero attached hydrogens (tertiary/aromatic N) is 1. The molecule has 3 unspecified atom stereocenters. The lowest BCUT2D eigenvalue weighted by atomic mass is 9.86. The fourth-order valence-electron chi connectivity index (χ4n) is 4.00. The van der Waals surface area contributed by atoms with Crippen LogP contribution in [0, 0.1) is 29.4 Å². The van der Waals surface area contributed by atoms with Crippen LogP contribution in [0.15, 0.2) is 18.2 Å². The zero-order chi connectivity index (χ0) is 15.0. The monoisotopic (exact) mass is 293 g/mol. The molecule has 0 saturated heterocycles. The second-order valence-electron chi connectivity index (χ2n) is 6.62. The molecule has 0 heterocycles. The summed E-state index contributed by atoms with van der Waals surface area (Å²) in [5.74, 6) is 0.942. The molecule has 2 aliphatic rings. The molecule has 114 valence electrons. The lowest BCUT2D eigenvalue weighted by Gasteiger charge is -2.24. The van der Waals surface area contributed by atoms with Gasteiger partial charge < -0.3 is 4.90 Å². The zero-order valence-corrected chi connectivity index (χ0v) is 12.3. The molecule has 4 heteroatoms. The second-order valence-corrected chi connectivity index (χ2v) is 6.62. The number of rotatable bonds is 4. The normalized spacial score (nSPS) is 27.1. The van der Waals surface area contributed by atoms with Crippen molar-refractivity contribution in [3.05, 3.63) is 35.4 Å². The highest BCUT2D eigenvalue weighted by molar-refractivity contribution is 5.76. The molecule has 2 fully saturated rings. The van der Waals surface area contributed by atoms with Crippen LogP contribution in [-0.4, -0.2) is 17.9 Å². The molecule has 3 rings (SSSR count). The summed E-state index contributed by atoms with van der Waals surface area (Å²) < 4.78 is 26.5. The number of carbonyl (C=O) groups is 1. The van der Waals surface area contributed by atoms with Crippen molar-refractivity contribution in [2.45, 2.75) is 38.6 Å².